The van der Waals surface area contributed by atoms with Crippen molar-refractivity contribution >= 4 is 27.6 Å². The van der Waals surface area contributed by atoms with E-state index in [1.165, 1.54) is 30.2 Å². The Morgan fingerprint density at radius 3 is 2.62 bits per heavy atom. The van der Waals surface area contributed by atoms with Gasteiger partial charge in [0.25, 0.3) is 5.91 Å². The molecule has 0 saturated heterocycles. The van der Waals surface area contributed by atoms with E-state index in [9.17, 15) is 22.4 Å². The maximum Gasteiger partial charge on any atom is 0.324 e. The van der Waals surface area contributed by atoms with Gasteiger partial charge < -0.3 is 10.1 Å². The number of benzene rings is 2. The molecule has 154 valence electrons. The molecular formula is C20H21FN2O5S. The quantitative estimate of drug-likeness (QED) is 0.669. The zero-order chi connectivity index (χ0) is 21.0. The molecular weight excluding hydrogens is 399 g/mol. The Labute approximate surface area is 168 Å². The van der Waals surface area contributed by atoms with E-state index in [4.69, 9.17) is 4.74 Å². The number of esters is 1. The first-order valence-electron chi connectivity index (χ1n) is 9.11. The van der Waals surface area contributed by atoms with Gasteiger partial charge in [-0.15, -0.1) is 0 Å². The Balaban J connectivity index is 1.52. The van der Waals surface area contributed by atoms with Crippen LogP contribution in [0.3, 0.4) is 0 Å². The third kappa shape index (κ3) is 5.18. The second-order valence-electron chi connectivity index (χ2n) is 6.77. The van der Waals surface area contributed by atoms with Gasteiger partial charge in [-0.25, -0.2) is 12.8 Å². The number of rotatable bonds is 7. The van der Waals surface area contributed by atoms with Crippen molar-refractivity contribution in [2.45, 2.75) is 37.1 Å². The van der Waals surface area contributed by atoms with Crippen LogP contribution in [-0.4, -0.2) is 32.9 Å². The SMILES string of the molecule is C[C@@H](NS(=O)(=O)c1ccccc1F)C(=O)OCC(=O)Nc1ccc2c(c1)CCC2. The molecule has 1 atom stereocenters. The summed E-state index contributed by atoms with van der Waals surface area (Å²) in [6.07, 6.45) is 3.08. The molecule has 9 heteroatoms. The van der Waals surface area contributed by atoms with E-state index >= 15 is 0 Å². The van der Waals surface area contributed by atoms with Crippen LogP contribution in [0.4, 0.5) is 10.1 Å². The second kappa shape index (κ2) is 8.71. The lowest BCUT2D eigenvalue weighted by Crippen LogP contribution is -2.40. The fourth-order valence-electron chi connectivity index (χ4n) is 3.12. The molecule has 0 aliphatic heterocycles. The van der Waals surface area contributed by atoms with Crippen molar-refractivity contribution in [2.24, 2.45) is 0 Å². The maximum atomic E-state index is 13.7. The maximum absolute atomic E-state index is 13.7. The van der Waals surface area contributed by atoms with Gasteiger partial charge in [0.15, 0.2) is 6.61 Å². The smallest absolute Gasteiger partial charge is 0.324 e. The number of ether oxygens (including phenoxy) is 1. The average molecular weight is 420 g/mol. The standard InChI is InChI=1S/C20H21FN2O5S/c1-13(23-29(26,27)18-8-3-2-7-17(18)21)20(25)28-12-19(24)22-16-10-9-14-5-4-6-15(14)11-16/h2-3,7-11,13,23H,4-6,12H2,1H3,(H,22,24)/t13-/m1/s1. The number of anilines is 1. The number of carbonyl (C=O) groups excluding carboxylic acids is 2. The van der Waals surface area contributed by atoms with Gasteiger partial charge in [0.05, 0.1) is 0 Å². The van der Waals surface area contributed by atoms with Crippen LogP contribution in [0.5, 0.6) is 0 Å². The molecule has 2 aromatic carbocycles. The first-order chi connectivity index (χ1) is 13.8. The summed E-state index contributed by atoms with van der Waals surface area (Å²) in [5.41, 5.74) is 3.07. The predicted octanol–water partition coefficient (Wildman–Crippen LogP) is 2.16. The molecule has 0 saturated carbocycles. The molecule has 0 radical (unpaired) electrons. The zero-order valence-electron chi connectivity index (χ0n) is 15.8. The average Bonchev–Trinajstić information content (AvgIpc) is 3.13. The highest BCUT2D eigenvalue weighted by Gasteiger charge is 2.25. The summed E-state index contributed by atoms with van der Waals surface area (Å²) in [4.78, 5) is 23.5. The van der Waals surface area contributed by atoms with Crippen molar-refractivity contribution in [1.82, 2.24) is 4.72 Å². The minimum Gasteiger partial charge on any atom is -0.454 e. The first-order valence-corrected chi connectivity index (χ1v) is 10.6. The molecule has 2 N–H and O–H groups in total. The van der Waals surface area contributed by atoms with Crippen molar-refractivity contribution in [3.05, 3.63) is 59.4 Å². The van der Waals surface area contributed by atoms with Gasteiger partial charge in [-0.2, -0.15) is 4.72 Å². The molecule has 29 heavy (non-hydrogen) atoms. The Bertz CT molecular complexity index is 1040. The summed E-state index contributed by atoms with van der Waals surface area (Å²) in [6.45, 7) is 0.681. The molecule has 0 fully saturated rings. The molecule has 1 amide bonds. The topological polar surface area (TPSA) is 102 Å². The van der Waals surface area contributed by atoms with Crippen molar-refractivity contribution < 1.29 is 27.1 Å². The summed E-state index contributed by atoms with van der Waals surface area (Å²) in [5, 5.41) is 2.64. The van der Waals surface area contributed by atoms with Crippen molar-refractivity contribution in [2.75, 3.05) is 11.9 Å². The van der Waals surface area contributed by atoms with Gasteiger partial charge in [0.1, 0.15) is 16.8 Å². The minimum absolute atomic E-state index is 0.541. The third-order valence-corrected chi connectivity index (χ3v) is 6.11. The molecule has 7 nitrogen and oxygen atoms in total. The number of halogens is 1. The van der Waals surface area contributed by atoms with E-state index in [1.807, 2.05) is 16.9 Å². The molecule has 2 aromatic rings. The first kappa shape index (κ1) is 20.9. The van der Waals surface area contributed by atoms with Crippen molar-refractivity contribution in [1.29, 1.82) is 0 Å². The van der Waals surface area contributed by atoms with Crippen LogP contribution < -0.4 is 10.0 Å². The lowest BCUT2D eigenvalue weighted by Gasteiger charge is -2.14. The fraction of sp³-hybridized carbons (Fsp3) is 0.300. The highest BCUT2D eigenvalue weighted by Crippen LogP contribution is 2.24. The van der Waals surface area contributed by atoms with E-state index in [0.29, 0.717) is 5.69 Å². The number of hydrogen-bond acceptors (Lipinski definition) is 5. The Morgan fingerprint density at radius 1 is 1.14 bits per heavy atom. The highest BCUT2D eigenvalue weighted by atomic mass is 32.2. The molecule has 1 aliphatic carbocycles. The number of hydrogen-bond donors (Lipinski definition) is 2. The normalized spacial score (nSPS) is 14.1. The van der Waals surface area contributed by atoms with Gasteiger partial charge in [0, 0.05) is 5.69 Å². The van der Waals surface area contributed by atoms with Crippen LogP contribution in [0.1, 0.15) is 24.5 Å². The summed E-state index contributed by atoms with van der Waals surface area (Å²) < 4.78 is 45.0. The van der Waals surface area contributed by atoms with Crippen LogP contribution in [0.15, 0.2) is 47.4 Å². The summed E-state index contributed by atoms with van der Waals surface area (Å²) in [5.74, 6) is -2.43. The van der Waals surface area contributed by atoms with Gasteiger partial charge in [-0.1, -0.05) is 18.2 Å². The molecule has 0 unspecified atom stereocenters. The van der Waals surface area contributed by atoms with Gasteiger partial charge in [-0.3, -0.25) is 9.59 Å². The van der Waals surface area contributed by atoms with Gasteiger partial charge in [-0.05, 0) is 61.6 Å². The number of nitrogens with one attached hydrogen (secondary N) is 2. The van der Waals surface area contributed by atoms with E-state index in [0.717, 1.165) is 31.4 Å². The van der Waals surface area contributed by atoms with E-state index in [1.54, 1.807) is 6.07 Å². The number of sulfonamides is 1. The van der Waals surface area contributed by atoms with Crippen LogP contribution in [0.2, 0.25) is 0 Å². The van der Waals surface area contributed by atoms with Crippen LogP contribution >= 0.6 is 0 Å². The molecule has 3 rings (SSSR count). The molecule has 0 aromatic heterocycles. The number of amides is 1. The lowest BCUT2D eigenvalue weighted by atomic mass is 10.1. The summed E-state index contributed by atoms with van der Waals surface area (Å²) in [6, 6.07) is 9.15. The van der Waals surface area contributed by atoms with Crippen LogP contribution in [-0.2, 0) is 37.2 Å². The number of aryl methyl sites for hydroxylation is 2. The number of carbonyl (C=O) groups is 2. The predicted molar refractivity (Wildman–Crippen MR) is 104 cm³/mol. The largest absolute Gasteiger partial charge is 0.454 e. The molecule has 0 spiro atoms. The van der Waals surface area contributed by atoms with E-state index in [2.05, 4.69) is 5.32 Å². The van der Waals surface area contributed by atoms with E-state index < -0.39 is 45.3 Å². The molecule has 0 heterocycles. The monoisotopic (exact) mass is 420 g/mol. The van der Waals surface area contributed by atoms with Gasteiger partial charge >= 0.3 is 5.97 Å². The second-order valence-corrected chi connectivity index (χ2v) is 8.45. The van der Waals surface area contributed by atoms with Crippen LogP contribution in [0.25, 0.3) is 0 Å². The van der Waals surface area contributed by atoms with Crippen LogP contribution in [0, 0.1) is 5.82 Å². The number of fused-ring (bicyclic) bond motifs is 1. The summed E-state index contributed by atoms with van der Waals surface area (Å²) >= 11 is 0. The molecule has 0 bridgehead atoms. The Kier molecular flexibility index (Phi) is 6.29. The van der Waals surface area contributed by atoms with Crippen molar-refractivity contribution in [3.63, 3.8) is 0 Å². The Morgan fingerprint density at radius 2 is 1.86 bits per heavy atom. The highest BCUT2D eigenvalue weighted by molar-refractivity contribution is 7.89. The lowest BCUT2D eigenvalue weighted by molar-refractivity contribution is -0.148. The van der Waals surface area contributed by atoms with Crippen molar-refractivity contribution in [3.8, 4) is 0 Å². The summed E-state index contributed by atoms with van der Waals surface area (Å²) in [7, 11) is -4.25. The third-order valence-electron chi connectivity index (χ3n) is 4.54. The Hall–Kier alpha value is -2.78. The minimum atomic E-state index is -4.25. The fourth-order valence-corrected chi connectivity index (χ4v) is 4.39. The van der Waals surface area contributed by atoms with Gasteiger partial charge in [0.2, 0.25) is 10.0 Å². The van der Waals surface area contributed by atoms with E-state index in [-0.39, 0.29) is 0 Å². The molecule has 1 aliphatic rings. The zero-order valence-corrected chi connectivity index (χ0v) is 16.6.